The molecule has 6 heteroatoms. The van der Waals surface area contributed by atoms with Crippen LogP contribution in [0.25, 0.3) is 0 Å². The highest BCUT2D eigenvalue weighted by molar-refractivity contribution is 7.12. The van der Waals surface area contributed by atoms with E-state index in [1.165, 1.54) is 9.67 Å². The Morgan fingerprint density at radius 2 is 2.25 bits per heavy atom. The normalized spacial score (nSPS) is 13.0. The molecule has 0 aliphatic carbocycles. The van der Waals surface area contributed by atoms with Gasteiger partial charge in [0.2, 0.25) is 0 Å². The average molecular weight is 238 g/mol. The molecule has 0 saturated heterocycles. The van der Waals surface area contributed by atoms with Crippen molar-refractivity contribution in [2.24, 2.45) is 7.05 Å². The fraction of sp³-hybridized carbons (Fsp3) is 0.500. The number of hydrogen-bond acceptors (Lipinski definition) is 5. The number of aromatic nitrogens is 4. The zero-order valence-corrected chi connectivity index (χ0v) is 10.3. The lowest BCUT2D eigenvalue weighted by atomic mass is 10.1. The number of nitrogens with zero attached hydrogens (tertiary/aromatic N) is 4. The molecule has 16 heavy (non-hydrogen) atoms. The molecule has 0 fully saturated rings. The van der Waals surface area contributed by atoms with E-state index >= 15 is 0 Å². The minimum atomic E-state index is -0.547. The lowest BCUT2D eigenvalue weighted by molar-refractivity contribution is 0.175. The zero-order valence-electron chi connectivity index (χ0n) is 9.51. The van der Waals surface area contributed by atoms with Gasteiger partial charge in [-0.15, -0.1) is 21.5 Å². The molecule has 0 aliphatic heterocycles. The highest BCUT2D eigenvalue weighted by Gasteiger charge is 2.15. The monoisotopic (exact) mass is 238 g/mol. The van der Waals surface area contributed by atoms with Crippen LogP contribution in [0, 0.1) is 13.8 Å². The Morgan fingerprint density at radius 1 is 1.50 bits per heavy atom. The molecule has 0 spiro atoms. The molecular formula is C10H14N4OS. The Labute approximate surface area is 97.7 Å². The van der Waals surface area contributed by atoms with Crippen LogP contribution in [0.4, 0.5) is 0 Å². The van der Waals surface area contributed by atoms with Crippen molar-refractivity contribution in [1.29, 1.82) is 0 Å². The number of aliphatic hydroxyl groups excluding tert-OH is 1. The predicted molar refractivity (Wildman–Crippen MR) is 61.3 cm³/mol. The van der Waals surface area contributed by atoms with Gasteiger partial charge in [0.15, 0.2) is 5.82 Å². The number of thiophene rings is 1. The van der Waals surface area contributed by atoms with Crippen LogP contribution in [0.3, 0.4) is 0 Å². The fourth-order valence-electron chi connectivity index (χ4n) is 1.67. The number of tetrazole rings is 1. The van der Waals surface area contributed by atoms with Crippen molar-refractivity contribution in [1.82, 2.24) is 20.2 Å². The summed E-state index contributed by atoms with van der Waals surface area (Å²) in [5.74, 6) is 0.568. The highest BCUT2D eigenvalue weighted by atomic mass is 32.1. The van der Waals surface area contributed by atoms with Crippen LogP contribution in [0.1, 0.15) is 27.2 Å². The highest BCUT2D eigenvalue weighted by Crippen LogP contribution is 2.27. The molecule has 86 valence electrons. The summed E-state index contributed by atoms with van der Waals surface area (Å²) in [7, 11) is 1.71. The number of aliphatic hydroxyl groups is 1. The Morgan fingerprint density at radius 3 is 2.75 bits per heavy atom. The molecule has 2 aromatic heterocycles. The first kappa shape index (κ1) is 11.2. The first-order chi connectivity index (χ1) is 7.56. The van der Waals surface area contributed by atoms with Crippen molar-refractivity contribution < 1.29 is 5.11 Å². The van der Waals surface area contributed by atoms with Gasteiger partial charge in [-0.2, -0.15) is 4.80 Å². The van der Waals surface area contributed by atoms with Gasteiger partial charge in [-0.05, 0) is 30.7 Å². The average Bonchev–Trinajstić information content (AvgIpc) is 2.73. The maximum atomic E-state index is 10.1. The minimum absolute atomic E-state index is 0.408. The molecule has 0 amide bonds. The molecule has 0 aliphatic rings. The molecule has 1 unspecified atom stereocenters. The Bertz CT molecular complexity index is 491. The van der Waals surface area contributed by atoms with Gasteiger partial charge < -0.3 is 5.11 Å². The van der Waals surface area contributed by atoms with Crippen molar-refractivity contribution in [3.8, 4) is 0 Å². The topological polar surface area (TPSA) is 63.8 Å². The summed E-state index contributed by atoms with van der Waals surface area (Å²) in [5, 5.41) is 21.7. The number of rotatable bonds is 3. The van der Waals surface area contributed by atoms with E-state index in [0.29, 0.717) is 12.2 Å². The number of aryl methyl sites for hydroxylation is 3. The molecule has 2 rings (SSSR count). The quantitative estimate of drug-likeness (QED) is 0.871. The summed E-state index contributed by atoms with van der Waals surface area (Å²) < 4.78 is 0. The zero-order chi connectivity index (χ0) is 11.7. The van der Waals surface area contributed by atoms with E-state index in [1.807, 2.05) is 19.9 Å². The van der Waals surface area contributed by atoms with E-state index in [9.17, 15) is 5.11 Å². The van der Waals surface area contributed by atoms with E-state index in [2.05, 4.69) is 15.4 Å². The van der Waals surface area contributed by atoms with Crippen LogP contribution in [-0.4, -0.2) is 25.3 Å². The SMILES string of the molecule is Cc1cc(C(O)Cc2nnn(C)n2)c(C)s1. The van der Waals surface area contributed by atoms with E-state index in [4.69, 9.17) is 0 Å². The van der Waals surface area contributed by atoms with Crippen LogP contribution in [0.15, 0.2) is 6.07 Å². The third-order valence-corrected chi connectivity index (χ3v) is 3.35. The van der Waals surface area contributed by atoms with Gasteiger partial charge in [-0.3, -0.25) is 0 Å². The van der Waals surface area contributed by atoms with Crippen molar-refractivity contribution in [2.75, 3.05) is 0 Å². The Hall–Kier alpha value is -1.27. The molecule has 2 heterocycles. The fourth-order valence-corrected chi connectivity index (χ4v) is 2.65. The van der Waals surface area contributed by atoms with Crippen molar-refractivity contribution in [2.45, 2.75) is 26.4 Å². The van der Waals surface area contributed by atoms with Gasteiger partial charge in [0.25, 0.3) is 0 Å². The van der Waals surface area contributed by atoms with Crippen molar-refractivity contribution in [3.63, 3.8) is 0 Å². The first-order valence-corrected chi connectivity index (χ1v) is 5.86. The van der Waals surface area contributed by atoms with Crippen LogP contribution in [0.5, 0.6) is 0 Å². The molecule has 1 atom stereocenters. The van der Waals surface area contributed by atoms with Gasteiger partial charge in [0.05, 0.1) is 13.2 Å². The third-order valence-electron chi connectivity index (χ3n) is 2.36. The summed E-state index contributed by atoms with van der Waals surface area (Å²) in [6, 6.07) is 2.01. The molecule has 0 saturated carbocycles. The lowest BCUT2D eigenvalue weighted by Crippen LogP contribution is -2.04. The second kappa shape index (κ2) is 4.31. The van der Waals surface area contributed by atoms with Gasteiger partial charge >= 0.3 is 0 Å². The molecule has 0 radical (unpaired) electrons. The van der Waals surface area contributed by atoms with Gasteiger partial charge in [-0.1, -0.05) is 0 Å². The lowest BCUT2D eigenvalue weighted by Gasteiger charge is -2.06. The maximum absolute atomic E-state index is 10.1. The Balaban J connectivity index is 2.14. The van der Waals surface area contributed by atoms with Crippen molar-refractivity contribution >= 4 is 11.3 Å². The number of hydrogen-bond donors (Lipinski definition) is 1. The molecule has 5 nitrogen and oxygen atoms in total. The van der Waals surface area contributed by atoms with E-state index in [0.717, 1.165) is 10.4 Å². The smallest absolute Gasteiger partial charge is 0.177 e. The molecule has 0 aromatic carbocycles. The maximum Gasteiger partial charge on any atom is 0.177 e. The van der Waals surface area contributed by atoms with Crippen LogP contribution < -0.4 is 0 Å². The van der Waals surface area contributed by atoms with Crippen LogP contribution in [-0.2, 0) is 13.5 Å². The van der Waals surface area contributed by atoms with Crippen LogP contribution >= 0.6 is 11.3 Å². The van der Waals surface area contributed by atoms with Gasteiger partial charge in [0, 0.05) is 16.2 Å². The van der Waals surface area contributed by atoms with Crippen LogP contribution in [0.2, 0.25) is 0 Å². The summed E-state index contributed by atoms with van der Waals surface area (Å²) in [6.07, 6.45) is -0.139. The Kier molecular flexibility index (Phi) is 3.02. The van der Waals surface area contributed by atoms with Gasteiger partial charge in [-0.25, -0.2) is 0 Å². The van der Waals surface area contributed by atoms with Gasteiger partial charge in [0.1, 0.15) is 0 Å². The second-order valence-electron chi connectivity index (χ2n) is 3.78. The molecule has 0 bridgehead atoms. The summed E-state index contributed by atoms with van der Waals surface area (Å²) in [4.78, 5) is 3.75. The predicted octanol–water partition coefficient (Wildman–Crippen LogP) is 1.16. The van der Waals surface area contributed by atoms with E-state index < -0.39 is 6.10 Å². The van der Waals surface area contributed by atoms with E-state index in [-0.39, 0.29) is 0 Å². The summed E-state index contributed by atoms with van der Waals surface area (Å²) >= 11 is 1.69. The second-order valence-corrected chi connectivity index (χ2v) is 5.24. The standard InChI is InChI=1S/C10H14N4OS/c1-6-4-8(7(2)16-6)9(15)5-10-11-13-14(3)12-10/h4,9,15H,5H2,1-3H3. The van der Waals surface area contributed by atoms with Crippen molar-refractivity contribution in [3.05, 3.63) is 27.2 Å². The largest absolute Gasteiger partial charge is 0.388 e. The molecule has 1 N–H and O–H groups in total. The van der Waals surface area contributed by atoms with E-state index in [1.54, 1.807) is 18.4 Å². The minimum Gasteiger partial charge on any atom is -0.388 e. The molecule has 2 aromatic rings. The molecular weight excluding hydrogens is 224 g/mol. The summed E-state index contributed by atoms with van der Waals surface area (Å²) in [5.41, 5.74) is 0.968. The summed E-state index contributed by atoms with van der Waals surface area (Å²) in [6.45, 7) is 4.05. The first-order valence-electron chi connectivity index (χ1n) is 5.04. The third kappa shape index (κ3) is 2.28.